The van der Waals surface area contributed by atoms with Crippen molar-refractivity contribution >= 4 is 22.8 Å². The van der Waals surface area contributed by atoms with E-state index in [1.165, 1.54) is 6.92 Å². The Morgan fingerprint density at radius 2 is 2.00 bits per heavy atom. The third-order valence-corrected chi connectivity index (χ3v) is 2.88. The molecule has 1 unspecified atom stereocenters. The predicted octanol–water partition coefficient (Wildman–Crippen LogP) is 0.280. The predicted molar refractivity (Wildman–Crippen MR) is 52.3 cm³/mol. The molecule has 0 radical (unpaired) electrons. The first-order valence-electron chi connectivity index (χ1n) is 3.60. The Balaban J connectivity index is 3.70. The highest BCUT2D eigenvalue weighted by molar-refractivity contribution is 7.35. The molecule has 5 heteroatoms. The molecule has 0 aromatic carbocycles. The molecule has 3 nitrogen and oxygen atoms in total. The number of nitrogens with zero attached hydrogens (tertiary/aromatic N) is 1. The van der Waals surface area contributed by atoms with Crippen molar-refractivity contribution in [3.8, 4) is 0 Å². The van der Waals surface area contributed by atoms with Crippen LogP contribution in [0.2, 0.25) is 0 Å². The summed E-state index contributed by atoms with van der Waals surface area (Å²) in [6.45, 7) is 7.87. The fourth-order valence-corrected chi connectivity index (χ4v) is 0.991. The van der Waals surface area contributed by atoms with Crippen LogP contribution in [0.15, 0.2) is 0 Å². The van der Waals surface area contributed by atoms with Crippen molar-refractivity contribution in [2.24, 2.45) is 0 Å². The van der Waals surface area contributed by atoms with Gasteiger partial charge in [-0.2, -0.15) is 0 Å². The van der Waals surface area contributed by atoms with Gasteiger partial charge in [0.1, 0.15) is 0 Å². The van der Waals surface area contributed by atoms with Crippen molar-refractivity contribution in [3.63, 3.8) is 0 Å². The van der Waals surface area contributed by atoms with Crippen LogP contribution in [0.5, 0.6) is 0 Å². The lowest BCUT2D eigenvalue weighted by atomic mass is 10.1. The number of carbonyl (C=O) groups excluding carboxylic acids is 1. The first kappa shape index (κ1) is 10.9. The summed E-state index contributed by atoms with van der Waals surface area (Å²) in [6, 6.07) is 0. The average Bonchev–Trinajstić information content (AvgIpc) is 1.80. The molecule has 0 spiro atoms. The van der Waals surface area contributed by atoms with Gasteiger partial charge < -0.3 is 9.67 Å². The number of hydrogen-bond acceptors (Lipinski definition) is 2. The molecule has 11 heavy (non-hydrogen) atoms. The third kappa shape index (κ3) is 5.22. The lowest BCUT2D eigenvalue weighted by molar-refractivity contribution is -0.117. The Hall–Kier alpha value is -0.0751. The Bertz CT molecular complexity index is 146. The third-order valence-electron chi connectivity index (χ3n) is 1.41. The standard InChI is InChI=1S/C6H16BN2OP/c1-5(10)8-11-9(7)6(2,3)4/h11H,7H2,1-4H3,(H,8,10). The minimum atomic E-state index is 0.0273. The number of hydrogen-bond donors (Lipinski definition) is 1. The van der Waals surface area contributed by atoms with E-state index in [1.54, 1.807) is 0 Å². The Morgan fingerprint density at radius 1 is 1.55 bits per heavy atom. The molecule has 64 valence electrons. The van der Waals surface area contributed by atoms with Gasteiger partial charge in [-0.1, -0.05) is 0 Å². The van der Waals surface area contributed by atoms with Gasteiger partial charge in [-0.25, -0.2) is 0 Å². The van der Waals surface area contributed by atoms with Crippen LogP contribution in [0.1, 0.15) is 27.7 Å². The van der Waals surface area contributed by atoms with Crippen LogP contribution in [-0.4, -0.2) is 24.0 Å². The number of nitrogens with one attached hydrogen (secondary N) is 1. The van der Waals surface area contributed by atoms with E-state index in [1.807, 2.05) is 7.98 Å². The highest BCUT2D eigenvalue weighted by atomic mass is 31.1. The number of rotatable bonds is 2. The maximum atomic E-state index is 10.5. The first-order valence-corrected chi connectivity index (χ1v) is 4.55. The van der Waals surface area contributed by atoms with E-state index in [9.17, 15) is 4.79 Å². The maximum Gasteiger partial charge on any atom is 0.220 e. The monoisotopic (exact) mass is 174 g/mol. The lowest BCUT2D eigenvalue weighted by Gasteiger charge is -2.31. The molecule has 0 aromatic heterocycles. The van der Waals surface area contributed by atoms with Crippen LogP contribution in [0.25, 0.3) is 0 Å². The summed E-state index contributed by atoms with van der Waals surface area (Å²) in [7, 11) is 2.37. The molecule has 0 aromatic rings. The van der Waals surface area contributed by atoms with Crippen molar-refractivity contribution in [2.75, 3.05) is 0 Å². The number of carbonyl (C=O) groups is 1. The maximum absolute atomic E-state index is 10.5. The van der Waals surface area contributed by atoms with E-state index in [2.05, 4.69) is 30.4 Å². The summed E-state index contributed by atoms with van der Waals surface area (Å²) >= 11 is 0. The lowest BCUT2D eigenvalue weighted by Crippen LogP contribution is -2.35. The van der Waals surface area contributed by atoms with E-state index in [0.717, 1.165) is 0 Å². The largest absolute Gasteiger partial charge is 0.326 e. The highest BCUT2D eigenvalue weighted by Gasteiger charge is 2.15. The van der Waals surface area contributed by atoms with Gasteiger partial charge in [0.15, 0.2) is 7.98 Å². The van der Waals surface area contributed by atoms with Crippen LogP contribution >= 0.6 is 8.88 Å². The van der Waals surface area contributed by atoms with Gasteiger partial charge in [-0.15, -0.1) is 0 Å². The Labute approximate surface area is 71.2 Å². The minimum Gasteiger partial charge on any atom is -0.326 e. The van der Waals surface area contributed by atoms with Crippen molar-refractivity contribution in [1.82, 2.24) is 9.67 Å². The second kappa shape index (κ2) is 4.08. The molecule has 1 N–H and O–H groups in total. The van der Waals surface area contributed by atoms with E-state index in [0.29, 0.717) is 8.88 Å². The van der Waals surface area contributed by atoms with Crippen molar-refractivity contribution in [2.45, 2.75) is 33.2 Å². The van der Waals surface area contributed by atoms with Gasteiger partial charge in [0, 0.05) is 21.3 Å². The molecule has 0 heterocycles. The summed E-state index contributed by atoms with van der Waals surface area (Å²) in [5, 5.41) is 2.77. The van der Waals surface area contributed by atoms with Gasteiger partial charge >= 0.3 is 0 Å². The summed E-state index contributed by atoms with van der Waals surface area (Å²) in [4.78, 5) is 10.5. The Kier molecular flexibility index (Phi) is 4.05. The van der Waals surface area contributed by atoms with E-state index >= 15 is 0 Å². The summed E-state index contributed by atoms with van der Waals surface area (Å²) in [5.41, 5.74) is 0.126. The molecular formula is C6H16BN2OP. The zero-order chi connectivity index (χ0) is 9.07. The molecule has 1 amide bonds. The van der Waals surface area contributed by atoms with Gasteiger partial charge in [0.25, 0.3) is 0 Å². The zero-order valence-electron chi connectivity index (χ0n) is 7.86. The molecule has 1 atom stereocenters. The molecular weight excluding hydrogens is 158 g/mol. The molecule has 0 aliphatic heterocycles. The molecule has 0 aliphatic rings. The topological polar surface area (TPSA) is 32.3 Å². The average molecular weight is 174 g/mol. The summed E-state index contributed by atoms with van der Waals surface area (Å²) in [5.74, 6) is 0.0273. The Morgan fingerprint density at radius 3 is 2.27 bits per heavy atom. The minimum absolute atomic E-state index is 0.0273. The molecule has 0 rings (SSSR count). The van der Waals surface area contributed by atoms with Crippen molar-refractivity contribution in [1.29, 1.82) is 0 Å². The quantitative estimate of drug-likeness (QED) is 0.481. The highest BCUT2D eigenvalue weighted by Crippen LogP contribution is 2.21. The van der Waals surface area contributed by atoms with Crippen molar-refractivity contribution < 1.29 is 4.79 Å². The van der Waals surface area contributed by atoms with Crippen LogP contribution in [0.4, 0.5) is 0 Å². The van der Waals surface area contributed by atoms with E-state index in [-0.39, 0.29) is 11.4 Å². The summed E-state index contributed by atoms with van der Waals surface area (Å²) < 4.78 is 2.11. The van der Waals surface area contributed by atoms with E-state index < -0.39 is 0 Å². The van der Waals surface area contributed by atoms with Gasteiger partial charge in [0.2, 0.25) is 5.91 Å². The molecule has 0 aliphatic carbocycles. The number of amides is 1. The first-order chi connectivity index (χ1) is 4.84. The fraction of sp³-hybridized carbons (Fsp3) is 0.833. The van der Waals surface area contributed by atoms with Gasteiger partial charge in [-0.05, 0) is 20.8 Å². The molecule has 0 fully saturated rings. The van der Waals surface area contributed by atoms with Crippen LogP contribution in [0.3, 0.4) is 0 Å². The van der Waals surface area contributed by atoms with Crippen molar-refractivity contribution in [3.05, 3.63) is 0 Å². The van der Waals surface area contributed by atoms with Gasteiger partial charge in [0.05, 0.1) is 0 Å². The SMILES string of the molecule is BN(PNC(C)=O)C(C)(C)C. The molecule has 0 saturated carbocycles. The normalized spacial score (nSPS) is 12.8. The van der Waals surface area contributed by atoms with E-state index in [4.69, 9.17) is 0 Å². The summed E-state index contributed by atoms with van der Waals surface area (Å²) in [6.07, 6.45) is 0. The molecule has 0 bridgehead atoms. The van der Waals surface area contributed by atoms with Crippen LogP contribution in [-0.2, 0) is 4.79 Å². The zero-order valence-corrected chi connectivity index (χ0v) is 8.86. The second-order valence-corrected chi connectivity index (χ2v) is 4.67. The molecule has 0 saturated heterocycles. The van der Waals surface area contributed by atoms with Crippen LogP contribution < -0.4 is 5.09 Å². The smallest absolute Gasteiger partial charge is 0.220 e. The fourth-order valence-electron chi connectivity index (χ4n) is 0.330. The second-order valence-electron chi connectivity index (χ2n) is 3.52. The van der Waals surface area contributed by atoms with Gasteiger partial charge in [-0.3, -0.25) is 4.79 Å². The van der Waals surface area contributed by atoms with Crippen LogP contribution in [0, 0.1) is 0 Å².